The summed E-state index contributed by atoms with van der Waals surface area (Å²) in [5, 5.41) is 4.88. The number of hydrogen-bond acceptors (Lipinski definition) is 4. The summed E-state index contributed by atoms with van der Waals surface area (Å²) in [6.45, 7) is 2.16. The van der Waals surface area contributed by atoms with Crippen LogP contribution in [-0.4, -0.2) is 41.3 Å². The Balaban J connectivity index is 1.44. The molecular weight excluding hydrogens is 310 g/mol. The second-order valence-corrected chi connectivity index (χ2v) is 6.61. The number of likely N-dealkylation sites (tertiary alicyclic amines) is 1. The first-order chi connectivity index (χ1) is 11.2. The van der Waals surface area contributed by atoms with Crippen molar-refractivity contribution < 1.29 is 9.59 Å². The molecule has 1 fully saturated rings. The predicted octanol–water partition coefficient (Wildman–Crippen LogP) is 2.43. The topological polar surface area (TPSA) is 62.3 Å². The van der Waals surface area contributed by atoms with Crippen LogP contribution in [0.15, 0.2) is 42.0 Å². The Morgan fingerprint density at radius 2 is 2.09 bits per heavy atom. The van der Waals surface area contributed by atoms with Gasteiger partial charge in [0, 0.05) is 32.0 Å². The van der Waals surface area contributed by atoms with Crippen molar-refractivity contribution in [3.05, 3.63) is 52.5 Å². The number of piperidine rings is 1. The van der Waals surface area contributed by atoms with E-state index in [1.807, 2.05) is 22.4 Å². The van der Waals surface area contributed by atoms with Gasteiger partial charge in [0.2, 0.25) is 0 Å². The van der Waals surface area contributed by atoms with E-state index >= 15 is 0 Å². The van der Waals surface area contributed by atoms with E-state index in [0.717, 1.165) is 30.8 Å². The summed E-state index contributed by atoms with van der Waals surface area (Å²) >= 11 is 1.48. The van der Waals surface area contributed by atoms with Gasteiger partial charge < -0.3 is 10.2 Å². The zero-order chi connectivity index (χ0) is 16.1. The van der Waals surface area contributed by atoms with Gasteiger partial charge in [-0.1, -0.05) is 6.07 Å². The third-order valence-electron chi connectivity index (χ3n) is 4.11. The quantitative estimate of drug-likeness (QED) is 0.937. The first-order valence-electron chi connectivity index (χ1n) is 7.75. The molecule has 2 amide bonds. The van der Waals surface area contributed by atoms with Gasteiger partial charge in [-0.25, -0.2) is 0 Å². The maximum Gasteiger partial charge on any atom is 0.263 e. The minimum atomic E-state index is -0.0878. The monoisotopic (exact) mass is 329 g/mol. The summed E-state index contributed by atoms with van der Waals surface area (Å²) in [6.07, 6.45) is 5.06. The highest BCUT2D eigenvalue weighted by atomic mass is 32.1. The molecule has 23 heavy (non-hydrogen) atoms. The molecule has 3 heterocycles. The largest absolute Gasteiger partial charge is 0.352 e. The fourth-order valence-electron chi connectivity index (χ4n) is 2.73. The lowest BCUT2D eigenvalue weighted by atomic mass is 9.96. The number of carbonyl (C=O) groups excluding carboxylic acids is 2. The van der Waals surface area contributed by atoms with Crippen molar-refractivity contribution in [2.75, 3.05) is 19.6 Å². The van der Waals surface area contributed by atoms with Gasteiger partial charge in [0.05, 0.1) is 10.4 Å². The fourth-order valence-corrected chi connectivity index (χ4v) is 3.42. The average molecular weight is 329 g/mol. The molecular formula is C17H19N3O2S. The lowest BCUT2D eigenvalue weighted by molar-refractivity contribution is 0.0689. The summed E-state index contributed by atoms with van der Waals surface area (Å²) in [4.78, 5) is 30.9. The molecule has 0 aromatic carbocycles. The van der Waals surface area contributed by atoms with E-state index in [4.69, 9.17) is 0 Å². The number of nitrogens with one attached hydrogen (secondary N) is 1. The minimum Gasteiger partial charge on any atom is -0.352 e. The first-order valence-corrected chi connectivity index (χ1v) is 8.63. The number of aromatic nitrogens is 1. The number of rotatable bonds is 4. The van der Waals surface area contributed by atoms with E-state index in [9.17, 15) is 9.59 Å². The normalized spacial score (nSPS) is 15.4. The van der Waals surface area contributed by atoms with E-state index in [-0.39, 0.29) is 11.8 Å². The first kappa shape index (κ1) is 15.7. The third-order valence-corrected chi connectivity index (χ3v) is 4.97. The van der Waals surface area contributed by atoms with Crippen LogP contribution in [0.3, 0.4) is 0 Å². The van der Waals surface area contributed by atoms with Crippen LogP contribution in [-0.2, 0) is 0 Å². The molecule has 2 aromatic heterocycles. The van der Waals surface area contributed by atoms with Crippen LogP contribution in [0.2, 0.25) is 0 Å². The van der Waals surface area contributed by atoms with Crippen LogP contribution >= 0.6 is 11.3 Å². The highest BCUT2D eigenvalue weighted by molar-refractivity contribution is 7.12. The molecule has 1 N–H and O–H groups in total. The standard InChI is InChI=1S/C17H19N3O2S/c21-16(14-3-1-7-18-12-14)19-11-13-5-8-20(9-6-13)17(22)15-4-2-10-23-15/h1-4,7,10,12-13H,5-6,8-9,11H2,(H,19,21). The highest BCUT2D eigenvalue weighted by Crippen LogP contribution is 2.20. The van der Waals surface area contributed by atoms with Crippen molar-refractivity contribution in [3.63, 3.8) is 0 Å². The van der Waals surface area contributed by atoms with Gasteiger partial charge in [0.15, 0.2) is 0 Å². The molecule has 0 spiro atoms. The third kappa shape index (κ3) is 3.96. The van der Waals surface area contributed by atoms with E-state index in [2.05, 4.69) is 10.3 Å². The Bertz CT molecular complexity index is 650. The van der Waals surface area contributed by atoms with Crippen molar-refractivity contribution in [3.8, 4) is 0 Å². The summed E-state index contributed by atoms with van der Waals surface area (Å²) in [6, 6.07) is 7.28. The number of hydrogen-bond donors (Lipinski definition) is 1. The number of thiophene rings is 1. The van der Waals surface area contributed by atoms with Crippen molar-refractivity contribution in [1.82, 2.24) is 15.2 Å². The average Bonchev–Trinajstić information content (AvgIpc) is 3.15. The Kier molecular flexibility index (Phi) is 5.02. The van der Waals surface area contributed by atoms with E-state index in [0.29, 0.717) is 18.0 Å². The molecule has 0 atom stereocenters. The second kappa shape index (κ2) is 7.37. The zero-order valence-electron chi connectivity index (χ0n) is 12.8. The smallest absolute Gasteiger partial charge is 0.263 e. The van der Waals surface area contributed by atoms with Gasteiger partial charge in [-0.2, -0.15) is 0 Å². The molecule has 0 saturated carbocycles. The number of pyridine rings is 1. The molecule has 120 valence electrons. The number of nitrogens with zero attached hydrogens (tertiary/aromatic N) is 2. The lowest BCUT2D eigenvalue weighted by Crippen LogP contribution is -2.41. The molecule has 2 aromatic rings. The fraction of sp³-hybridized carbons (Fsp3) is 0.353. The molecule has 0 bridgehead atoms. The van der Waals surface area contributed by atoms with Crippen LogP contribution < -0.4 is 5.32 Å². The Morgan fingerprint density at radius 1 is 1.26 bits per heavy atom. The van der Waals surface area contributed by atoms with Crippen LogP contribution in [0.5, 0.6) is 0 Å². The van der Waals surface area contributed by atoms with Gasteiger partial charge in [0.25, 0.3) is 11.8 Å². The number of amides is 2. The SMILES string of the molecule is O=C(NCC1CCN(C(=O)c2cccs2)CC1)c1cccnc1. The summed E-state index contributed by atoms with van der Waals surface area (Å²) < 4.78 is 0. The van der Waals surface area contributed by atoms with E-state index in [1.165, 1.54) is 11.3 Å². The molecule has 6 heteroatoms. The van der Waals surface area contributed by atoms with E-state index in [1.54, 1.807) is 24.5 Å². The molecule has 1 aliphatic rings. The lowest BCUT2D eigenvalue weighted by Gasteiger charge is -2.31. The molecule has 0 radical (unpaired) electrons. The Morgan fingerprint density at radius 3 is 2.74 bits per heavy atom. The van der Waals surface area contributed by atoms with Gasteiger partial charge in [-0.15, -0.1) is 11.3 Å². The van der Waals surface area contributed by atoms with Crippen LogP contribution in [0.4, 0.5) is 0 Å². The van der Waals surface area contributed by atoms with Crippen LogP contribution in [0.1, 0.15) is 32.9 Å². The molecule has 0 unspecified atom stereocenters. The molecule has 1 aliphatic heterocycles. The second-order valence-electron chi connectivity index (χ2n) is 5.66. The maximum atomic E-state index is 12.3. The summed E-state index contributed by atoms with van der Waals surface area (Å²) in [5.74, 6) is 0.455. The highest BCUT2D eigenvalue weighted by Gasteiger charge is 2.24. The van der Waals surface area contributed by atoms with Gasteiger partial charge in [0.1, 0.15) is 0 Å². The minimum absolute atomic E-state index is 0.0878. The molecule has 5 nitrogen and oxygen atoms in total. The van der Waals surface area contributed by atoms with Crippen molar-refractivity contribution in [1.29, 1.82) is 0 Å². The molecule has 3 rings (SSSR count). The van der Waals surface area contributed by atoms with Gasteiger partial charge >= 0.3 is 0 Å². The summed E-state index contributed by atoms with van der Waals surface area (Å²) in [7, 11) is 0. The number of carbonyl (C=O) groups is 2. The Hall–Kier alpha value is -2.21. The predicted molar refractivity (Wildman–Crippen MR) is 89.5 cm³/mol. The maximum absolute atomic E-state index is 12.3. The zero-order valence-corrected chi connectivity index (χ0v) is 13.6. The molecule has 1 saturated heterocycles. The van der Waals surface area contributed by atoms with Gasteiger partial charge in [-0.05, 0) is 42.3 Å². The van der Waals surface area contributed by atoms with E-state index < -0.39 is 0 Å². The molecule has 0 aliphatic carbocycles. The Labute approximate surface area is 139 Å². The summed E-state index contributed by atoms with van der Waals surface area (Å²) in [5.41, 5.74) is 0.581. The van der Waals surface area contributed by atoms with Crippen molar-refractivity contribution >= 4 is 23.2 Å². The van der Waals surface area contributed by atoms with Crippen molar-refractivity contribution in [2.45, 2.75) is 12.8 Å². The van der Waals surface area contributed by atoms with Crippen molar-refractivity contribution in [2.24, 2.45) is 5.92 Å². The van der Waals surface area contributed by atoms with Crippen LogP contribution in [0, 0.1) is 5.92 Å². The van der Waals surface area contributed by atoms with Crippen LogP contribution in [0.25, 0.3) is 0 Å². The van der Waals surface area contributed by atoms with Gasteiger partial charge in [-0.3, -0.25) is 14.6 Å².